The number of unbranched alkanes of at least 4 members (excludes halogenated alkanes) is 2. The van der Waals surface area contributed by atoms with Gasteiger partial charge in [-0.3, -0.25) is 4.79 Å². The van der Waals surface area contributed by atoms with Crippen LogP contribution in [0.2, 0.25) is 0 Å². The number of alkyl halides is 3. The number of hydrogen-bond acceptors (Lipinski definition) is 1. The van der Waals surface area contributed by atoms with Crippen LogP contribution in [0, 0.1) is 0 Å². The zero-order valence-corrected chi connectivity index (χ0v) is 9.96. The van der Waals surface area contributed by atoms with E-state index in [1.54, 1.807) is 0 Å². The average Bonchev–Trinajstić information content (AvgIpc) is 2.27. The maximum Gasteiger partial charge on any atom is 0.416 e. The molecule has 0 aliphatic carbocycles. The van der Waals surface area contributed by atoms with Crippen molar-refractivity contribution in [1.29, 1.82) is 0 Å². The highest BCUT2D eigenvalue weighted by atomic mass is 19.4. The van der Waals surface area contributed by atoms with Gasteiger partial charge in [-0.15, -0.1) is 0 Å². The fraction of sp³-hybridized carbons (Fsp3) is 0.462. The van der Waals surface area contributed by atoms with Gasteiger partial charge in [0.15, 0.2) is 0 Å². The van der Waals surface area contributed by atoms with Crippen molar-refractivity contribution >= 4 is 5.91 Å². The third-order valence-electron chi connectivity index (χ3n) is 2.67. The molecule has 1 rings (SSSR count). The second-order valence-electron chi connectivity index (χ2n) is 4.22. The zero-order valence-electron chi connectivity index (χ0n) is 9.96. The van der Waals surface area contributed by atoms with Crippen molar-refractivity contribution in [1.82, 2.24) is 0 Å². The first-order valence-electron chi connectivity index (χ1n) is 5.84. The lowest BCUT2D eigenvalue weighted by Crippen LogP contribution is -2.09. The second kappa shape index (κ2) is 6.42. The van der Waals surface area contributed by atoms with Crippen molar-refractivity contribution in [2.45, 2.75) is 38.3 Å². The molecule has 0 aliphatic heterocycles. The molecule has 1 amide bonds. The second-order valence-corrected chi connectivity index (χ2v) is 4.22. The van der Waals surface area contributed by atoms with Gasteiger partial charge in [0.25, 0.3) is 0 Å². The monoisotopic (exact) mass is 259 g/mol. The van der Waals surface area contributed by atoms with Crippen molar-refractivity contribution in [3.05, 3.63) is 35.4 Å². The highest BCUT2D eigenvalue weighted by Crippen LogP contribution is 2.29. The average molecular weight is 259 g/mol. The molecule has 2 N–H and O–H groups in total. The number of hydrogen-bond donors (Lipinski definition) is 1. The summed E-state index contributed by atoms with van der Waals surface area (Å²) in [7, 11) is 0. The summed E-state index contributed by atoms with van der Waals surface area (Å²) in [5.41, 5.74) is 5.25. The van der Waals surface area contributed by atoms with Crippen molar-refractivity contribution in [3.63, 3.8) is 0 Å². The quantitative estimate of drug-likeness (QED) is 0.783. The Labute approximate surface area is 104 Å². The van der Waals surface area contributed by atoms with Gasteiger partial charge in [-0.1, -0.05) is 18.6 Å². The van der Waals surface area contributed by atoms with Crippen molar-refractivity contribution in [2.75, 3.05) is 0 Å². The maximum atomic E-state index is 12.3. The van der Waals surface area contributed by atoms with E-state index in [0.29, 0.717) is 6.42 Å². The predicted molar refractivity (Wildman–Crippen MR) is 62.8 cm³/mol. The van der Waals surface area contributed by atoms with Crippen LogP contribution in [-0.4, -0.2) is 5.91 Å². The van der Waals surface area contributed by atoms with Crippen LogP contribution in [0.5, 0.6) is 0 Å². The lowest BCUT2D eigenvalue weighted by molar-refractivity contribution is -0.137. The molecule has 1 aromatic rings. The molecule has 0 saturated heterocycles. The summed E-state index contributed by atoms with van der Waals surface area (Å²) in [5.74, 6) is -0.315. The molecule has 0 fully saturated rings. The smallest absolute Gasteiger partial charge is 0.370 e. The van der Waals surface area contributed by atoms with E-state index in [2.05, 4.69) is 0 Å². The molecule has 0 saturated carbocycles. The molecule has 0 unspecified atom stereocenters. The van der Waals surface area contributed by atoms with Crippen LogP contribution in [0.25, 0.3) is 0 Å². The molecule has 5 heteroatoms. The first-order chi connectivity index (χ1) is 8.39. The van der Waals surface area contributed by atoms with Crippen LogP contribution in [0.4, 0.5) is 13.2 Å². The van der Waals surface area contributed by atoms with E-state index < -0.39 is 11.7 Å². The Balaban J connectivity index is 2.33. The predicted octanol–water partition coefficient (Wildman–Crippen LogP) is 3.29. The number of amides is 1. The highest BCUT2D eigenvalue weighted by Gasteiger charge is 2.29. The molecule has 100 valence electrons. The molecule has 0 bridgehead atoms. The molecule has 1 aromatic carbocycles. The Morgan fingerprint density at radius 2 is 1.67 bits per heavy atom. The molecule has 0 aromatic heterocycles. The Morgan fingerprint density at radius 3 is 2.17 bits per heavy atom. The first kappa shape index (κ1) is 14.5. The van der Waals surface area contributed by atoms with Crippen LogP contribution < -0.4 is 5.73 Å². The van der Waals surface area contributed by atoms with Gasteiger partial charge in [0.2, 0.25) is 5.91 Å². The largest absolute Gasteiger partial charge is 0.416 e. The Bertz CT molecular complexity index is 384. The third kappa shape index (κ3) is 5.21. The number of nitrogens with two attached hydrogens (primary N) is 1. The molecule has 18 heavy (non-hydrogen) atoms. The Kier molecular flexibility index (Phi) is 5.19. The summed E-state index contributed by atoms with van der Waals surface area (Å²) >= 11 is 0. The molecular formula is C13H16F3NO. The van der Waals surface area contributed by atoms with Gasteiger partial charge in [0.05, 0.1) is 5.56 Å². The summed E-state index contributed by atoms with van der Waals surface area (Å²) in [4.78, 5) is 10.5. The number of primary amides is 1. The van der Waals surface area contributed by atoms with E-state index in [0.717, 1.165) is 43.4 Å². The molecule has 0 spiro atoms. The van der Waals surface area contributed by atoms with Gasteiger partial charge in [-0.2, -0.15) is 13.2 Å². The molecule has 0 aliphatic rings. The van der Waals surface area contributed by atoms with Gasteiger partial charge in [0.1, 0.15) is 0 Å². The van der Waals surface area contributed by atoms with Gasteiger partial charge in [0, 0.05) is 6.42 Å². The third-order valence-corrected chi connectivity index (χ3v) is 2.67. The van der Waals surface area contributed by atoms with Crippen molar-refractivity contribution < 1.29 is 18.0 Å². The molecule has 2 nitrogen and oxygen atoms in total. The summed E-state index contributed by atoms with van der Waals surface area (Å²) in [5, 5.41) is 0. The maximum absolute atomic E-state index is 12.3. The number of rotatable bonds is 6. The topological polar surface area (TPSA) is 43.1 Å². The lowest BCUT2D eigenvalue weighted by Gasteiger charge is -2.07. The highest BCUT2D eigenvalue weighted by molar-refractivity contribution is 5.73. The van der Waals surface area contributed by atoms with Crippen LogP contribution in [0.15, 0.2) is 24.3 Å². The van der Waals surface area contributed by atoms with Crippen molar-refractivity contribution in [2.24, 2.45) is 5.73 Å². The number of carbonyl (C=O) groups is 1. The summed E-state index contributed by atoms with van der Waals surface area (Å²) in [6.07, 6.45) is -0.761. The number of carbonyl (C=O) groups excluding carboxylic acids is 1. The molecular weight excluding hydrogens is 243 g/mol. The summed E-state index contributed by atoms with van der Waals surface area (Å²) in [6.45, 7) is 0. The van der Waals surface area contributed by atoms with E-state index >= 15 is 0 Å². The van der Waals surface area contributed by atoms with E-state index in [4.69, 9.17) is 5.73 Å². The normalized spacial score (nSPS) is 11.5. The minimum absolute atomic E-state index is 0.315. The number of benzene rings is 1. The number of aryl methyl sites for hydroxylation is 1. The van der Waals surface area contributed by atoms with Gasteiger partial charge in [-0.05, 0) is 37.0 Å². The van der Waals surface area contributed by atoms with E-state index in [-0.39, 0.29) is 5.91 Å². The van der Waals surface area contributed by atoms with Crippen LogP contribution in [0.3, 0.4) is 0 Å². The Hall–Kier alpha value is -1.52. The summed E-state index contributed by atoms with van der Waals surface area (Å²) < 4.78 is 36.9. The minimum Gasteiger partial charge on any atom is -0.370 e. The van der Waals surface area contributed by atoms with Gasteiger partial charge in [-0.25, -0.2) is 0 Å². The lowest BCUT2D eigenvalue weighted by atomic mass is 10.0. The first-order valence-corrected chi connectivity index (χ1v) is 5.84. The fourth-order valence-electron chi connectivity index (χ4n) is 1.67. The van der Waals surface area contributed by atoms with Crippen LogP contribution in [-0.2, 0) is 17.4 Å². The van der Waals surface area contributed by atoms with Crippen LogP contribution in [0.1, 0.15) is 36.8 Å². The number of halogens is 3. The minimum atomic E-state index is -4.28. The van der Waals surface area contributed by atoms with Gasteiger partial charge < -0.3 is 5.73 Å². The summed E-state index contributed by atoms with van der Waals surface area (Å²) in [6, 6.07) is 5.19. The SMILES string of the molecule is NC(=O)CCCCCc1ccc(C(F)(F)F)cc1. The van der Waals surface area contributed by atoms with Crippen molar-refractivity contribution in [3.8, 4) is 0 Å². The van der Waals surface area contributed by atoms with Gasteiger partial charge >= 0.3 is 6.18 Å². The Morgan fingerprint density at radius 1 is 1.06 bits per heavy atom. The molecule has 0 radical (unpaired) electrons. The molecule has 0 atom stereocenters. The van der Waals surface area contributed by atoms with Crippen LogP contribution >= 0.6 is 0 Å². The zero-order chi connectivity index (χ0) is 13.6. The van der Waals surface area contributed by atoms with E-state index in [9.17, 15) is 18.0 Å². The molecule has 0 heterocycles. The fourth-order valence-corrected chi connectivity index (χ4v) is 1.67. The van der Waals surface area contributed by atoms with E-state index in [1.165, 1.54) is 12.1 Å². The standard InChI is InChI=1S/C13H16F3NO/c14-13(15,16)11-8-6-10(7-9-11)4-2-1-3-5-12(17)18/h6-9H,1-5H2,(H2,17,18). The van der Waals surface area contributed by atoms with E-state index in [1.807, 2.05) is 0 Å².